The second kappa shape index (κ2) is 5.09. The second-order valence-corrected chi connectivity index (χ2v) is 4.33. The van der Waals surface area contributed by atoms with E-state index in [4.69, 9.17) is 18.0 Å². The Morgan fingerprint density at radius 1 is 1.59 bits per heavy atom. The fraction of sp³-hybridized carbons (Fsp3) is 0.364. The molecule has 1 aromatic heterocycles. The molecule has 0 aliphatic rings. The summed E-state index contributed by atoms with van der Waals surface area (Å²) >= 11 is 4.83. The van der Waals surface area contributed by atoms with Crippen molar-refractivity contribution in [3.05, 3.63) is 34.2 Å². The molecular formula is C11H15N3O2S. The van der Waals surface area contributed by atoms with E-state index in [-0.39, 0.29) is 22.5 Å². The molecular weight excluding hydrogens is 238 g/mol. The van der Waals surface area contributed by atoms with Gasteiger partial charge in [-0.3, -0.25) is 9.59 Å². The van der Waals surface area contributed by atoms with Crippen molar-refractivity contribution in [1.82, 2.24) is 9.47 Å². The fourth-order valence-corrected chi connectivity index (χ4v) is 1.41. The highest BCUT2D eigenvalue weighted by Crippen LogP contribution is 2.04. The number of carbonyl (C=O) groups excluding carboxylic acids is 1. The third kappa shape index (κ3) is 2.91. The van der Waals surface area contributed by atoms with Gasteiger partial charge in [-0.1, -0.05) is 12.2 Å². The second-order valence-electron chi connectivity index (χ2n) is 3.86. The zero-order chi connectivity index (χ0) is 13.2. The fourth-order valence-electron chi connectivity index (χ4n) is 1.25. The smallest absolute Gasteiger partial charge is 0.254 e. The third-order valence-corrected chi connectivity index (χ3v) is 3.01. The molecule has 17 heavy (non-hydrogen) atoms. The van der Waals surface area contributed by atoms with E-state index >= 15 is 0 Å². The Labute approximate surface area is 105 Å². The minimum atomic E-state index is -0.346. The standard InChI is InChI=1S/C11H15N3O2S/c1-7(10(12)17)14(3)11(16)8-4-5-13(2)9(15)6-8/h4-7H,1-3H3,(H2,12,17). The first-order valence-corrected chi connectivity index (χ1v) is 5.48. The Hall–Kier alpha value is -1.69. The lowest BCUT2D eigenvalue weighted by Gasteiger charge is -2.23. The number of nitrogens with zero attached hydrogens (tertiary/aromatic N) is 2. The van der Waals surface area contributed by atoms with E-state index in [1.807, 2.05) is 0 Å². The molecule has 1 aromatic rings. The van der Waals surface area contributed by atoms with Crippen LogP contribution in [-0.4, -0.2) is 33.5 Å². The molecule has 1 amide bonds. The van der Waals surface area contributed by atoms with Gasteiger partial charge < -0.3 is 15.2 Å². The van der Waals surface area contributed by atoms with Crippen LogP contribution in [0.15, 0.2) is 23.1 Å². The first-order valence-electron chi connectivity index (χ1n) is 5.07. The molecule has 1 unspecified atom stereocenters. The van der Waals surface area contributed by atoms with E-state index in [0.29, 0.717) is 5.56 Å². The maximum absolute atomic E-state index is 12.0. The molecule has 92 valence electrons. The molecule has 5 nitrogen and oxygen atoms in total. The summed E-state index contributed by atoms with van der Waals surface area (Å²) in [7, 11) is 3.22. The summed E-state index contributed by atoms with van der Waals surface area (Å²) in [6.07, 6.45) is 1.55. The van der Waals surface area contributed by atoms with E-state index in [0.717, 1.165) is 0 Å². The van der Waals surface area contributed by atoms with Crippen LogP contribution in [0.5, 0.6) is 0 Å². The highest BCUT2D eigenvalue weighted by atomic mass is 32.1. The summed E-state index contributed by atoms with van der Waals surface area (Å²) in [6, 6.07) is 2.54. The Morgan fingerprint density at radius 2 is 2.18 bits per heavy atom. The minimum absolute atomic E-state index is 0.229. The van der Waals surface area contributed by atoms with E-state index < -0.39 is 0 Å². The minimum Gasteiger partial charge on any atom is -0.392 e. The van der Waals surface area contributed by atoms with Crippen molar-refractivity contribution in [1.29, 1.82) is 0 Å². The van der Waals surface area contributed by atoms with Crippen molar-refractivity contribution in [2.24, 2.45) is 12.8 Å². The normalized spacial score (nSPS) is 11.9. The van der Waals surface area contributed by atoms with E-state index in [2.05, 4.69) is 0 Å². The highest BCUT2D eigenvalue weighted by molar-refractivity contribution is 7.80. The summed E-state index contributed by atoms with van der Waals surface area (Å²) in [5, 5.41) is 0. The average Bonchev–Trinajstić information content (AvgIpc) is 2.29. The number of rotatable bonds is 3. The molecule has 0 aromatic carbocycles. The molecule has 0 aliphatic heterocycles. The SMILES string of the molecule is CC(C(N)=S)N(C)C(=O)c1ccn(C)c(=O)c1. The summed E-state index contributed by atoms with van der Waals surface area (Å²) < 4.78 is 1.40. The topological polar surface area (TPSA) is 68.3 Å². The van der Waals surface area contributed by atoms with Crippen molar-refractivity contribution in [3.8, 4) is 0 Å². The van der Waals surface area contributed by atoms with Gasteiger partial charge in [-0.2, -0.15) is 0 Å². The number of amides is 1. The van der Waals surface area contributed by atoms with E-state index in [1.54, 1.807) is 33.3 Å². The summed E-state index contributed by atoms with van der Waals surface area (Å²) in [6.45, 7) is 1.74. The molecule has 0 saturated heterocycles. The van der Waals surface area contributed by atoms with Gasteiger partial charge in [-0.05, 0) is 13.0 Å². The van der Waals surface area contributed by atoms with E-state index in [1.165, 1.54) is 15.5 Å². The Bertz CT molecular complexity index is 510. The van der Waals surface area contributed by atoms with Gasteiger partial charge in [0.2, 0.25) is 0 Å². The van der Waals surface area contributed by atoms with Gasteiger partial charge in [-0.15, -0.1) is 0 Å². The molecule has 1 heterocycles. The van der Waals surface area contributed by atoms with Crippen molar-refractivity contribution in [2.75, 3.05) is 7.05 Å². The highest BCUT2D eigenvalue weighted by Gasteiger charge is 2.19. The lowest BCUT2D eigenvalue weighted by Crippen LogP contribution is -2.43. The average molecular weight is 253 g/mol. The largest absolute Gasteiger partial charge is 0.392 e. The van der Waals surface area contributed by atoms with Crippen molar-refractivity contribution in [3.63, 3.8) is 0 Å². The van der Waals surface area contributed by atoms with Crippen LogP contribution >= 0.6 is 12.2 Å². The zero-order valence-corrected chi connectivity index (χ0v) is 10.8. The predicted octanol–water partition coefficient (Wildman–Crippen LogP) is 0.132. The van der Waals surface area contributed by atoms with Gasteiger partial charge in [0.15, 0.2) is 0 Å². The first kappa shape index (κ1) is 13.4. The van der Waals surface area contributed by atoms with Gasteiger partial charge in [0.05, 0.1) is 11.0 Å². The van der Waals surface area contributed by atoms with Gasteiger partial charge in [-0.25, -0.2) is 0 Å². The molecule has 2 N–H and O–H groups in total. The maximum atomic E-state index is 12.0. The molecule has 0 aliphatic carbocycles. The molecule has 6 heteroatoms. The lowest BCUT2D eigenvalue weighted by atomic mass is 10.2. The number of hydrogen-bond acceptors (Lipinski definition) is 3. The van der Waals surface area contributed by atoms with Crippen LogP contribution in [0.4, 0.5) is 0 Å². The molecule has 0 bridgehead atoms. The number of thiocarbonyl (C=S) groups is 1. The van der Waals surface area contributed by atoms with Gasteiger partial charge in [0.1, 0.15) is 0 Å². The van der Waals surface area contributed by atoms with Gasteiger partial charge in [0, 0.05) is 31.9 Å². The van der Waals surface area contributed by atoms with Crippen LogP contribution in [0.25, 0.3) is 0 Å². The molecule has 0 fully saturated rings. The third-order valence-electron chi connectivity index (χ3n) is 2.66. The summed E-state index contributed by atoms with van der Waals surface area (Å²) in [5.74, 6) is -0.275. The monoisotopic (exact) mass is 253 g/mol. The number of likely N-dealkylation sites (N-methyl/N-ethyl adjacent to an activating group) is 1. The lowest BCUT2D eigenvalue weighted by molar-refractivity contribution is 0.0778. The van der Waals surface area contributed by atoms with Crippen molar-refractivity contribution >= 4 is 23.1 Å². The number of hydrogen-bond donors (Lipinski definition) is 1. The zero-order valence-electron chi connectivity index (χ0n) is 10.0. The predicted molar refractivity (Wildman–Crippen MR) is 70.0 cm³/mol. The maximum Gasteiger partial charge on any atom is 0.254 e. The van der Waals surface area contributed by atoms with Crippen LogP contribution in [0.2, 0.25) is 0 Å². The van der Waals surface area contributed by atoms with Crippen LogP contribution < -0.4 is 11.3 Å². The van der Waals surface area contributed by atoms with Crippen molar-refractivity contribution in [2.45, 2.75) is 13.0 Å². The quantitative estimate of drug-likeness (QED) is 0.778. The summed E-state index contributed by atoms with van der Waals surface area (Å²) in [4.78, 5) is 25.1. The number of nitrogens with two attached hydrogens (primary N) is 1. The molecule has 1 rings (SSSR count). The van der Waals surface area contributed by atoms with Crippen LogP contribution in [0, 0.1) is 0 Å². The van der Waals surface area contributed by atoms with E-state index in [9.17, 15) is 9.59 Å². The Balaban J connectivity index is 3.00. The van der Waals surface area contributed by atoms with Gasteiger partial charge in [0.25, 0.3) is 11.5 Å². The number of pyridine rings is 1. The van der Waals surface area contributed by atoms with Crippen molar-refractivity contribution < 1.29 is 4.79 Å². The van der Waals surface area contributed by atoms with Crippen LogP contribution in [-0.2, 0) is 7.05 Å². The first-order chi connectivity index (χ1) is 7.84. The number of carbonyl (C=O) groups is 1. The molecule has 0 saturated carbocycles. The molecule has 0 radical (unpaired) electrons. The Kier molecular flexibility index (Phi) is 4.01. The number of aryl methyl sites for hydroxylation is 1. The van der Waals surface area contributed by atoms with Crippen LogP contribution in [0.1, 0.15) is 17.3 Å². The van der Waals surface area contributed by atoms with Crippen LogP contribution in [0.3, 0.4) is 0 Å². The molecule has 1 atom stereocenters. The summed E-state index contributed by atoms with van der Waals surface area (Å²) in [5.41, 5.74) is 5.58. The Morgan fingerprint density at radius 3 is 2.65 bits per heavy atom. The number of aromatic nitrogens is 1. The van der Waals surface area contributed by atoms with Gasteiger partial charge >= 0.3 is 0 Å². The molecule has 0 spiro atoms.